The van der Waals surface area contributed by atoms with Crippen molar-refractivity contribution in [3.05, 3.63) is 64.5 Å². The molecule has 3 aromatic rings. The number of carbonyl (C=O) groups is 1. The maximum absolute atomic E-state index is 12.1. The van der Waals surface area contributed by atoms with Crippen molar-refractivity contribution in [2.45, 2.75) is 6.54 Å². The van der Waals surface area contributed by atoms with E-state index in [2.05, 4.69) is 31.4 Å². The molecular formula is C17H14BrN3O3. The quantitative estimate of drug-likeness (QED) is 0.725. The summed E-state index contributed by atoms with van der Waals surface area (Å²) in [5, 5.41) is 10.7. The fourth-order valence-electron chi connectivity index (χ4n) is 2.07. The van der Waals surface area contributed by atoms with E-state index in [0.717, 1.165) is 15.8 Å². The van der Waals surface area contributed by atoms with E-state index < -0.39 is 0 Å². The lowest BCUT2D eigenvalue weighted by atomic mass is 10.2. The molecule has 0 radical (unpaired) electrons. The largest absolute Gasteiger partial charge is 0.497 e. The number of rotatable bonds is 5. The number of halogens is 1. The van der Waals surface area contributed by atoms with Gasteiger partial charge in [0.2, 0.25) is 11.8 Å². The molecule has 0 aliphatic rings. The first-order valence-electron chi connectivity index (χ1n) is 7.17. The molecular weight excluding hydrogens is 374 g/mol. The van der Waals surface area contributed by atoms with Crippen molar-refractivity contribution in [3.8, 4) is 17.2 Å². The summed E-state index contributed by atoms with van der Waals surface area (Å²) in [7, 11) is 1.60. The molecule has 1 amide bonds. The van der Waals surface area contributed by atoms with Gasteiger partial charge in [0.15, 0.2) is 0 Å². The SMILES string of the molecule is COc1ccc(-c2nnc(CNC(=O)c3ccccc3Br)o2)cc1. The average Bonchev–Trinajstić information content (AvgIpc) is 3.09. The van der Waals surface area contributed by atoms with Crippen molar-refractivity contribution in [2.24, 2.45) is 0 Å². The molecule has 0 spiro atoms. The van der Waals surface area contributed by atoms with E-state index >= 15 is 0 Å². The third kappa shape index (κ3) is 3.62. The molecule has 24 heavy (non-hydrogen) atoms. The molecule has 0 aliphatic heterocycles. The van der Waals surface area contributed by atoms with Gasteiger partial charge in [0, 0.05) is 10.0 Å². The van der Waals surface area contributed by atoms with Crippen LogP contribution in [-0.2, 0) is 6.54 Å². The summed E-state index contributed by atoms with van der Waals surface area (Å²) in [4.78, 5) is 12.1. The molecule has 0 atom stereocenters. The Morgan fingerprint density at radius 1 is 1.17 bits per heavy atom. The topological polar surface area (TPSA) is 77.3 Å². The van der Waals surface area contributed by atoms with Gasteiger partial charge in [0.1, 0.15) is 5.75 Å². The van der Waals surface area contributed by atoms with Gasteiger partial charge in [-0.3, -0.25) is 4.79 Å². The van der Waals surface area contributed by atoms with Crippen LogP contribution in [0.25, 0.3) is 11.5 Å². The van der Waals surface area contributed by atoms with E-state index in [4.69, 9.17) is 9.15 Å². The Morgan fingerprint density at radius 2 is 1.92 bits per heavy atom. The fraction of sp³-hybridized carbons (Fsp3) is 0.118. The van der Waals surface area contributed by atoms with Crippen molar-refractivity contribution in [3.63, 3.8) is 0 Å². The van der Waals surface area contributed by atoms with Gasteiger partial charge in [0.05, 0.1) is 19.2 Å². The first-order chi connectivity index (χ1) is 11.7. The predicted octanol–water partition coefficient (Wildman–Crippen LogP) is 3.44. The van der Waals surface area contributed by atoms with Gasteiger partial charge < -0.3 is 14.5 Å². The van der Waals surface area contributed by atoms with E-state index in [1.165, 1.54) is 0 Å². The lowest BCUT2D eigenvalue weighted by Gasteiger charge is -2.04. The molecule has 0 unspecified atom stereocenters. The molecule has 0 saturated heterocycles. The van der Waals surface area contributed by atoms with Crippen LogP contribution in [0.3, 0.4) is 0 Å². The number of hydrogen-bond acceptors (Lipinski definition) is 5. The zero-order valence-electron chi connectivity index (χ0n) is 12.8. The Labute approximate surface area is 147 Å². The highest BCUT2D eigenvalue weighted by Crippen LogP contribution is 2.21. The molecule has 0 saturated carbocycles. The van der Waals surface area contributed by atoms with Crippen molar-refractivity contribution in [2.75, 3.05) is 7.11 Å². The van der Waals surface area contributed by atoms with E-state index in [1.807, 2.05) is 36.4 Å². The average molecular weight is 388 g/mol. The van der Waals surface area contributed by atoms with Gasteiger partial charge in [-0.15, -0.1) is 10.2 Å². The molecule has 3 rings (SSSR count). The Morgan fingerprint density at radius 3 is 2.62 bits per heavy atom. The zero-order valence-corrected chi connectivity index (χ0v) is 14.4. The van der Waals surface area contributed by atoms with Crippen LogP contribution in [0, 0.1) is 0 Å². The summed E-state index contributed by atoms with van der Waals surface area (Å²) < 4.78 is 11.4. The Hall–Kier alpha value is -2.67. The second-order valence-corrected chi connectivity index (χ2v) is 5.75. The minimum atomic E-state index is -0.216. The second-order valence-electron chi connectivity index (χ2n) is 4.89. The molecule has 7 heteroatoms. The van der Waals surface area contributed by atoms with Crippen LogP contribution in [0.2, 0.25) is 0 Å². The molecule has 0 fully saturated rings. The van der Waals surface area contributed by atoms with Gasteiger partial charge in [0.25, 0.3) is 5.91 Å². The van der Waals surface area contributed by atoms with Crippen LogP contribution in [-0.4, -0.2) is 23.2 Å². The summed E-state index contributed by atoms with van der Waals surface area (Å²) in [6.07, 6.45) is 0. The third-order valence-corrected chi connectivity index (χ3v) is 4.01. The maximum atomic E-state index is 12.1. The standard InChI is InChI=1S/C17H14BrN3O3/c1-23-12-8-6-11(7-9-12)17-21-20-15(24-17)10-19-16(22)13-4-2-3-5-14(13)18/h2-9H,10H2,1H3,(H,19,22). The van der Waals surface area contributed by atoms with E-state index in [9.17, 15) is 4.79 Å². The second kappa shape index (κ2) is 7.27. The molecule has 0 aliphatic carbocycles. The number of nitrogens with one attached hydrogen (secondary N) is 1. The van der Waals surface area contributed by atoms with Gasteiger partial charge in [-0.25, -0.2) is 0 Å². The van der Waals surface area contributed by atoms with Crippen LogP contribution in [0.15, 0.2) is 57.4 Å². The Balaban J connectivity index is 1.66. The lowest BCUT2D eigenvalue weighted by Crippen LogP contribution is -2.23. The smallest absolute Gasteiger partial charge is 0.252 e. The number of benzene rings is 2. The lowest BCUT2D eigenvalue weighted by molar-refractivity contribution is 0.0946. The maximum Gasteiger partial charge on any atom is 0.252 e. The molecule has 122 valence electrons. The minimum Gasteiger partial charge on any atom is -0.497 e. The highest BCUT2D eigenvalue weighted by Gasteiger charge is 2.12. The highest BCUT2D eigenvalue weighted by atomic mass is 79.9. The molecule has 1 heterocycles. The monoisotopic (exact) mass is 387 g/mol. The van der Waals surface area contributed by atoms with Crippen molar-refractivity contribution < 1.29 is 13.9 Å². The van der Waals surface area contributed by atoms with Crippen LogP contribution in [0.1, 0.15) is 16.2 Å². The van der Waals surface area contributed by atoms with E-state index in [1.54, 1.807) is 19.2 Å². The number of aromatic nitrogens is 2. The van der Waals surface area contributed by atoms with Crippen LogP contribution in [0.4, 0.5) is 0 Å². The van der Waals surface area contributed by atoms with Gasteiger partial charge in [-0.2, -0.15) is 0 Å². The number of nitrogens with zero attached hydrogens (tertiary/aromatic N) is 2. The first-order valence-corrected chi connectivity index (χ1v) is 7.96. The van der Waals surface area contributed by atoms with Crippen molar-refractivity contribution >= 4 is 21.8 Å². The normalized spacial score (nSPS) is 10.4. The number of carbonyl (C=O) groups excluding carboxylic acids is 1. The first kappa shape index (κ1) is 16.2. The van der Waals surface area contributed by atoms with Gasteiger partial charge in [-0.1, -0.05) is 12.1 Å². The summed E-state index contributed by atoms with van der Waals surface area (Å²) in [6, 6.07) is 14.5. The molecule has 1 aromatic heterocycles. The van der Waals surface area contributed by atoms with Crippen LogP contribution in [0.5, 0.6) is 5.75 Å². The van der Waals surface area contributed by atoms with Crippen molar-refractivity contribution in [1.82, 2.24) is 15.5 Å². The Bertz CT molecular complexity index is 846. The van der Waals surface area contributed by atoms with Crippen LogP contribution < -0.4 is 10.1 Å². The summed E-state index contributed by atoms with van der Waals surface area (Å²) in [5.41, 5.74) is 1.33. The van der Waals surface area contributed by atoms with E-state index in [0.29, 0.717) is 17.3 Å². The molecule has 2 aromatic carbocycles. The summed E-state index contributed by atoms with van der Waals surface area (Å²) in [5.74, 6) is 1.26. The zero-order chi connectivity index (χ0) is 16.9. The molecule has 6 nitrogen and oxygen atoms in total. The number of amides is 1. The number of methoxy groups -OCH3 is 1. The summed E-state index contributed by atoms with van der Waals surface area (Å²) in [6.45, 7) is 0.156. The number of ether oxygens (including phenoxy) is 1. The van der Waals surface area contributed by atoms with Crippen molar-refractivity contribution in [1.29, 1.82) is 0 Å². The Kier molecular flexibility index (Phi) is 4.90. The third-order valence-electron chi connectivity index (χ3n) is 3.32. The minimum absolute atomic E-state index is 0.156. The van der Waals surface area contributed by atoms with Gasteiger partial charge in [-0.05, 0) is 52.3 Å². The fourth-order valence-corrected chi connectivity index (χ4v) is 2.54. The number of hydrogen-bond donors (Lipinski definition) is 1. The predicted molar refractivity (Wildman–Crippen MR) is 91.6 cm³/mol. The molecule has 0 bridgehead atoms. The molecule has 1 N–H and O–H groups in total. The van der Waals surface area contributed by atoms with Crippen LogP contribution >= 0.6 is 15.9 Å². The van der Waals surface area contributed by atoms with E-state index in [-0.39, 0.29) is 12.5 Å². The van der Waals surface area contributed by atoms with Gasteiger partial charge >= 0.3 is 0 Å². The summed E-state index contributed by atoms with van der Waals surface area (Å²) >= 11 is 3.35. The highest BCUT2D eigenvalue weighted by molar-refractivity contribution is 9.10.